The van der Waals surface area contributed by atoms with Crippen molar-refractivity contribution in [2.24, 2.45) is 0 Å². The molecule has 3 rings (SSSR count). The molecule has 1 saturated heterocycles. The first-order valence-corrected chi connectivity index (χ1v) is 12.9. The van der Waals surface area contributed by atoms with Crippen LogP contribution in [-0.2, 0) is 10.0 Å². The molecule has 1 atom stereocenters. The molecule has 2 aromatic rings. The minimum absolute atomic E-state index is 0.0335. The molecule has 7 nitrogen and oxygen atoms in total. The first-order valence-electron chi connectivity index (χ1n) is 10.1. The van der Waals surface area contributed by atoms with E-state index < -0.39 is 15.9 Å². The molecule has 1 aromatic heterocycles. The van der Waals surface area contributed by atoms with Gasteiger partial charge in [0.25, 0.3) is 5.91 Å². The monoisotopic (exact) mass is 480 g/mol. The van der Waals surface area contributed by atoms with E-state index in [0.29, 0.717) is 23.1 Å². The van der Waals surface area contributed by atoms with Gasteiger partial charge in [-0.05, 0) is 43.5 Å². The number of hydrogen-bond acceptors (Lipinski definition) is 6. The Morgan fingerprint density at radius 2 is 2.10 bits per heavy atom. The maximum atomic E-state index is 13.1. The Bertz CT molecular complexity index is 1050. The molecule has 0 spiro atoms. The van der Waals surface area contributed by atoms with Crippen LogP contribution in [0.4, 0.5) is 5.69 Å². The zero-order valence-corrected chi connectivity index (χ0v) is 19.6. The number of carbonyl (C=O) groups excluding carboxylic acids is 1. The van der Waals surface area contributed by atoms with Gasteiger partial charge in [-0.25, -0.2) is 18.4 Å². The molecule has 1 aromatic carbocycles. The number of thioether (sulfide) groups is 1. The Balaban J connectivity index is 1.75. The molecule has 1 aliphatic rings. The lowest BCUT2D eigenvalue weighted by atomic mass is 10.0. The van der Waals surface area contributed by atoms with Crippen molar-refractivity contribution in [3.8, 4) is 0 Å². The summed E-state index contributed by atoms with van der Waals surface area (Å²) in [4.78, 5) is 21.1. The first-order chi connectivity index (χ1) is 14.9. The van der Waals surface area contributed by atoms with Crippen LogP contribution in [-0.4, -0.2) is 46.9 Å². The smallest absolute Gasteiger partial charge is 0.275 e. The largest absolute Gasteiger partial charge is 0.321 e. The van der Waals surface area contributed by atoms with Crippen molar-refractivity contribution in [2.75, 3.05) is 17.6 Å². The third kappa shape index (κ3) is 5.65. The number of hydrogen-bond donors (Lipinski definition) is 1. The molecule has 31 heavy (non-hydrogen) atoms. The van der Waals surface area contributed by atoms with Crippen molar-refractivity contribution in [3.63, 3.8) is 0 Å². The van der Waals surface area contributed by atoms with E-state index in [2.05, 4.69) is 21.9 Å². The van der Waals surface area contributed by atoms with Gasteiger partial charge in [0.1, 0.15) is 0 Å². The molecule has 1 amide bonds. The number of halogens is 1. The molecule has 0 saturated carbocycles. The van der Waals surface area contributed by atoms with E-state index >= 15 is 0 Å². The van der Waals surface area contributed by atoms with Crippen LogP contribution in [0, 0.1) is 0 Å². The highest BCUT2D eigenvalue weighted by molar-refractivity contribution is 7.99. The maximum absolute atomic E-state index is 13.1. The van der Waals surface area contributed by atoms with Crippen molar-refractivity contribution in [2.45, 2.75) is 48.7 Å². The van der Waals surface area contributed by atoms with Crippen LogP contribution in [0.2, 0.25) is 5.02 Å². The average Bonchev–Trinajstić information content (AvgIpc) is 2.78. The number of carbonyl (C=O) groups is 1. The second-order valence-corrected chi connectivity index (χ2v) is 10.4. The first kappa shape index (κ1) is 23.7. The van der Waals surface area contributed by atoms with Crippen LogP contribution in [0.15, 0.2) is 53.2 Å². The summed E-state index contributed by atoms with van der Waals surface area (Å²) >= 11 is 7.43. The minimum Gasteiger partial charge on any atom is -0.321 e. The molecule has 1 aliphatic heterocycles. The van der Waals surface area contributed by atoms with E-state index in [1.165, 1.54) is 30.1 Å². The molecule has 0 bridgehead atoms. The summed E-state index contributed by atoms with van der Waals surface area (Å²) in [6.07, 6.45) is 6.69. The fraction of sp³-hybridized carbons (Fsp3) is 0.381. The molecule has 1 unspecified atom stereocenters. The Morgan fingerprint density at radius 1 is 1.35 bits per heavy atom. The lowest BCUT2D eigenvalue weighted by molar-refractivity contribution is 0.102. The molecule has 1 N–H and O–H groups in total. The molecule has 10 heteroatoms. The number of amides is 1. The molecular formula is C21H25ClN4O3S2. The standard InChI is InChI=1S/C21H25ClN4O3S2/c1-3-13-30-21-23-14-18(22)19(25-21)20(27)24-15-8-10-17(11-9-15)31(28,29)26-12-6-5-7-16(26)4-2/h3,8-11,14,16H,1,4-7,12-13H2,2H3,(H,24,27). The summed E-state index contributed by atoms with van der Waals surface area (Å²) in [6.45, 7) is 6.19. The van der Waals surface area contributed by atoms with E-state index in [0.717, 1.165) is 25.7 Å². The highest BCUT2D eigenvalue weighted by Crippen LogP contribution is 2.28. The Labute approximate surface area is 192 Å². The van der Waals surface area contributed by atoms with Crippen molar-refractivity contribution < 1.29 is 13.2 Å². The molecule has 166 valence electrons. The lowest BCUT2D eigenvalue weighted by Gasteiger charge is -2.34. The van der Waals surface area contributed by atoms with Crippen LogP contribution in [0.5, 0.6) is 0 Å². The van der Waals surface area contributed by atoms with Crippen molar-refractivity contribution in [1.29, 1.82) is 0 Å². The third-order valence-electron chi connectivity index (χ3n) is 5.03. The molecular weight excluding hydrogens is 456 g/mol. The Morgan fingerprint density at radius 3 is 2.77 bits per heavy atom. The number of sulfonamides is 1. The number of aromatic nitrogens is 2. The van der Waals surface area contributed by atoms with Crippen LogP contribution in [0.3, 0.4) is 0 Å². The van der Waals surface area contributed by atoms with Crippen LogP contribution < -0.4 is 5.32 Å². The Kier molecular flexibility index (Phi) is 8.10. The molecule has 0 aliphatic carbocycles. The van der Waals surface area contributed by atoms with Gasteiger partial charge in [0.15, 0.2) is 10.9 Å². The lowest BCUT2D eigenvalue weighted by Crippen LogP contribution is -2.43. The zero-order chi connectivity index (χ0) is 22.4. The maximum Gasteiger partial charge on any atom is 0.275 e. The van der Waals surface area contributed by atoms with Crippen LogP contribution in [0.1, 0.15) is 43.1 Å². The van der Waals surface area contributed by atoms with Gasteiger partial charge in [-0.15, -0.1) is 6.58 Å². The number of rotatable bonds is 8. The quantitative estimate of drug-likeness (QED) is 0.337. The van der Waals surface area contributed by atoms with Gasteiger partial charge < -0.3 is 5.32 Å². The number of nitrogens with zero attached hydrogens (tertiary/aromatic N) is 3. The fourth-order valence-electron chi connectivity index (χ4n) is 3.45. The second kappa shape index (κ2) is 10.6. The van der Waals surface area contributed by atoms with Gasteiger partial charge in [-0.3, -0.25) is 4.79 Å². The third-order valence-corrected chi connectivity index (χ3v) is 8.13. The van der Waals surface area contributed by atoms with E-state index in [-0.39, 0.29) is 21.7 Å². The van der Waals surface area contributed by atoms with E-state index in [9.17, 15) is 13.2 Å². The molecule has 1 fully saturated rings. The van der Waals surface area contributed by atoms with Crippen LogP contribution in [0.25, 0.3) is 0 Å². The summed E-state index contributed by atoms with van der Waals surface area (Å²) in [5.74, 6) is 0.111. The van der Waals surface area contributed by atoms with Gasteiger partial charge in [0.2, 0.25) is 10.0 Å². The van der Waals surface area contributed by atoms with Gasteiger partial charge in [-0.2, -0.15) is 4.31 Å². The summed E-state index contributed by atoms with van der Waals surface area (Å²) in [6, 6.07) is 6.19. The Hall–Kier alpha value is -1.94. The van der Waals surface area contributed by atoms with Gasteiger partial charge in [0, 0.05) is 24.0 Å². The number of piperidine rings is 1. The summed E-state index contributed by atoms with van der Waals surface area (Å²) in [5.41, 5.74) is 0.503. The highest BCUT2D eigenvalue weighted by atomic mass is 35.5. The van der Waals surface area contributed by atoms with Gasteiger partial charge in [-0.1, -0.05) is 42.8 Å². The van der Waals surface area contributed by atoms with Crippen molar-refractivity contribution in [1.82, 2.24) is 14.3 Å². The number of nitrogens with one attached hydrogen (secondary N) is 1. The van der Waals surface area contributed by atoms with Gasteiger partial charge in [0.05, 0.1) is 16.1 Å². The summed E-state index contributed by atoms with van der Waals surface area (Å²) < 4.78 is 27.8. The van der Waals surface area contributed by atoms with E-state index in [1.807, 2.05) is 6.92 Å². The fourth-order valence-corrected chi connectivity index (χ4v) is 5.94. The minimum atomic E-state index is -3.57. The van der Waals surface area contributed by atoms with Crippen LogP contribution >= 0.6 is 23.4 Å². The summed E-state index contributed by atoms with van der Waals surface area (Å²) in [5, 5.41) is 3.26. The van der Waals surface area contributed by atoms with Crippen molar-refractivity contribution >= 4 is 45.0 Å². The topological polar surface area (TPSA) is 92.3 Å². The zero-order valence-electron chi connectivity index (χ0n) is 17.3. The normalized spacial score (nSPS) is 17.3. The van der Waals surface area contributed by atoms with E-state index in [4.69, 9.17) is 11.6 Å². The predicted molar refractivity (Wildman–Crippen MR) is 124 cm³/mol. The number of anilines is 1. The molecule has 0 radical (unpaired) electrons. The predicted octanol–water partition coefficient (Wildman–Crippen LogP) is 4.61. The van der Waals surface area contributed by atoms with E-state index in [1.54, 1.807) is 22.5 Å². The highest BCUT2D eigenvalue weighted by Gasteiger charge is 2.32. The van der Waals surface area contributed by atoms with Crippen molar-refractivity contribution in [3.05, 3.63) is 53.8 Å². The van der Waals surface area contributed by atoms with Gasteiger partial charge >= 0.3 is 0 Å². The SMILES string of the molecule is C=CCSc1ncc(Cl)c(C(=O)Nc2ccc(S(=O)(=O)N3CCCCC3CC)cc2)n1. The average molecular weight is 481 g/mol. The second-order valence-electron chi connectivity index (χ2n) is 7.10. The summed E-state index contributed by atoms with van der Waals surface area (Å²) in [7, 11) is -3.57. The number of benzene rings is 1. The molecule has 2 heterocycles.